The average molecular weight is 372 g/mol. The fourth-order valence-electron chi connectivity index (χ4n) is 2.58. The van der Waals surface area contributed by atoms with Crippen molar-refractivity contribution < 1.29 is 44.5 Å². The molecule has 0 aromatic heterocycles. The molecule has 26 heavy (non-hydrogen) atoms. The first-order valence-corrected chi connectivity index (χ1v) is 7.97. The summed E-state index contributed by atoms with van der Waals surface area (Å²) in [6.07, 6.45) is -3.88. The van der Waals surface area contributed by atoms with Crippen LogP contribution in [0.4, 0.5) is 0 Å². The second-order valence-corrected chi connectivity index (χ2v) is 5.65. The first-order valence-electron chi connectivity index (χ1n) is 7.97. The molecule has 0 spiro atoms. The molecule has 1 fully saturated rings. The van der Waals surface area contributed by atoms with Crippen LogP contribution in [0, 0.1) is 0 Å². The summed E-state index contributed by atoms with van der Waals surface area (Å²) < 4.78 is 21.6. The Morgan fingerprint density at radius 3 is 2.12 bits per heavy atom. The van der Waals surface area contributed by atoms with E-state index in [9.17, 15) is 20.4 Å². The van der Waals surface area contributed by atoms with Crippen LogP contribution in [0.1, 0.15) is 5.56 Å². The fraction of sp³-hybridized carbons (Fsp3) is 0.529. The molecule has 1 aromatic carbocycles. The highest BCUT2D eigenvalue weighted by atomic mass is 16.7. The van der Waals surface area contributed by atoms with Gasteiger partial charge < -0.3 is 44.5 Å². The smallest absolute Gasteiger partial charge is 0.229 e. The number of hydrogen-bond acceptors (Lipinski definition) is 9. The minimum absolute atomic E-state index is 0.112. The number of ether oxygens (including phenoxy) is 4. The molecule has 1 saturated heterocycles. The summed E-state index contributed by atoms with van der Waals surface area (Å²) in [5.74, 6) is 0.637. The largest absolute Gasteiger partial charge is 0.493 e. The molecule has 0 amide bonds. The summed E-state index contributed by atoms with van der Waals surface area (Å²) >= 11 is 0. The van der Waals surface area contributed by atoms with Gasteiger partial charge in [0, 0.05) is 0 Å². The van der Waals surface area contributed by atoms with Gasteiger partial charge in [0.25, 0.3) is 0 Å². The van der Waals surface area contributed by atoms with E-state index in [0.29, 0.717) is 5.56 Å². The number of aliphatic hydroxyl groups excluding tert-OH is 5. The van der Waals surface area contributed by atoms with Crippen LogP contribution in [0.15, 0.2) is 18.2 Å². The van der Waals surface area contributed by atoms with Crippen LogP contribution in [-0.4, -0.2) is 83.7 Å². The van der Waals surface area contributed by atoms with E-state index in [1.807, 2.05) is 0 Å². The molecule has 9 heteroatoms. The first kappa shape index (κ1) is 20.4. The summed E-state index contributed by atoms with van der Waals surface area (Å²) in [5, 5.41) is 48.0. The molecule has 1 aliphatic heterocycles. The lowest BCUT2D eigenvalue weighted by molar-refractivity contribution is -0.277. The lowest BCUT2D eigenvalue weighted by Gasteiger charge is -2.39. The monoisotopic (exact) mass is 372 g/mol. The number of rotatable bonds is 7. The predicted octanol–water partition coefficient (Wildman–Crippen LogP) is -1.11. The topological polar surface area (TPSA) is 138 Å². The highest BCUT2D eigenvalue weighted by molar-refractivity contribution is 5.62. The van der Waals surface area contributed by atoms with Crippen molar-refractivity contribution in [1.82, 2.24) is 0 Å². The standard InChI is InChI=1S/C17H24O9/c1-23-10-6-9(4-3-5-18)7-11(24-2)16(10)26-17-15(22)14(21)13(20)12(8-19)25-17/h3-4,6-7,12-15,17-22H,5,8H2,1-2H3/b4-3-/t12-,13+,14+,15-,17+/m0/s1. The molecule has 0 radical (unpaired) electrons. The Bertz CT molecular complexity index is 591. The van der Waals surface area contributed by atoms with Crippen LogP contribution in [0.2, 0.25) is 0 Å². The molecule has 0 saturated carbocycles. The Labute approximate surface area is 150 Å². The van der Waals surface area contributed by atoms with E-state index in [-0.39, 0.29) is 23.9 Å². The number of aliphatic hydroxyl groups is 5. The van der Waals surface area contributed by atoms with Gasteiger partial charge in [-0.2, -0.15) is 0 Å². The van der Waals surface area contributed by atoms with Crippen molar-refractivity contribution in [3.63, 3.8) is 0 Å². The lowest BCUT2D eigenvalue weighted by atomic mass is 9.99. The summed E-state index contributed by atoms with van der Waals surface area (Å²) in [4.78, 5) is 0. The van der Waals surface area contributed by atoms with Crippen LogP contribution >= 0.6 is 0 Å². The van der Waals surface area contributed by atoms with Crippen molar-refractivity contribution in [3.05, 3.63) is 23.8 Å². The molecule has 0 aliphatic carbocycles. The van der Waals surface area contributed by atoms with Crippen LogP contribution in [0.25, 0.3) is 6.08 Å². The molecule has 146 valence electrons. The summed E-state index contributed by atoms with van der Waals surface area (Å²) in [6.45, 7) is -0.697. The second-order valence-electron chi connectivity index (χ2n) is 5.65. The van der Waals surface area contributed by atoms with Gasteiger partial charge in [0.2, 0.25) is 12.0 Å². The SMILES string of the molecule is COc1cc(/C=C\CO)cc(OC)c1O[C@H]1O[C@@H](CO)[C@@H](O)[C@@H](O)[C@@H]1O. The normalized spacial score (nSPS) is 29.0. The quantitative estimate of drug-likeness (QED) is 0.403. The summed E-state index contributed by atoms with van der Waals surface area (Å²) in [6, 6.07) is 3.24. The number of benzene rings is 1. The van der Waals surface area contributed by atoms with Crippen molar-refractivity contribution in [3.8, 4) is 17.2 Å². The average Bonchev–Trinajstić information content (AvgIpc) is 2.66. The third kappa shape index (κ3) is 4.26. The van der Waals surface area contributed by atoms with Gasteiger partial charge in [-0.05, 0) is 17.7 Å². The molecule has 0 unspecified atom stereocenters. The van der Waals surface area contributed by atoms with Crippen LogP contribution in [-0.2, 0) is 4.74 Å². The highest BCUT2D eigenvalue weighted by Gasteiger charge is 2.45. The summed E-state index contributed by atoms with van der Waals surface area (Å²) in [5.41, 5.74) is 0.675. The van der Waals surface area contributed by atoms with Gasteiger partial charge in [-0.25, -0.2) is 0 Å². The molecule has 5 N–H and O–H groups in total. The van der Waals surface area contributed by atoms with E-state index in [1.165, 1.54) is 20.3 Å². The van der Waals surface area contributed by atoms with E-state index in [4.69, 9.17) is 24.1 Å². The zero-order valence-corrected chi connectivity index (χ0v) is 14.5. The molecule has 1 heterocycles. The summed E-state index contributed by atoms with van der Waals surface area (Å²) in [7, 11) is 2.82. The zero-order chi connectivity index (χ0) is 19.3. The van der Waals surface area contributed by atoms with Gasteiger partial charge in [-0.1, -0.05) is 12.2 Å². The van der Waals surface area contributed by atoms with Crippen molar-refractivity contribution in [2.45, 2.75) is 30.7 Å². The molecule has 0 bridgehead atoms. The molecule has 2 rings (SSSR count). The van der Waals surface area contributed by atoms with Crippen molar-refractivity contribution in [2.24, 2.45) is 0 Å². The molecule has 5 atom stereocenters. The minimum atomic E-state index is -1.56. The van der Waals surface area contributed by atoms with Gasteiger partial charge >= 0.3 is 0 Å². The zero-order valence-electron chi connectivity index (χ0n) is 14.5. The van der Waals surface area contributed by atoms with Crippen LogP contribution in [0.3, 0.4) is 0 Å². The van der Waals surface area contributed by atoms with Gasteiger partial charge in [-0.3, -0.25) is 0 Å². The van der Waals surface area contributed by atoms with Gasteiger partial charge in [-0.15, -0.1) is 0 Å². The second kappa shape index (κ2) is 9.17. The molecule has 1 aromatic rings. The number of hydrogen-bond donors (Lipinski definition) is 5. The van der Waals surface area contributed by atoms with E-state index >= 15 is 0 Å². The van der Waals surface area contributed by atoms with E-state index < -0.39 is 37.3 Å². The van der Waals surface area contributed by atoms with E-state index in [1.54, 1.807) is 18.2 Å². The van der Waals surface area contributed by atoms with Gasteiger partial charge in [0.15, 0.2) is 11.5 Å². The Morgan fingerprint density at radius 2 is 1.62 bits per heavy atom. The Morgan fingerprint density at radius 1 is 1.00 bits per heavy atom. The molecular formula is C17H24O9. The number of methoxy groups -OCH3 is 2. The van der Waals surface area contributed by atoms with E-state index in [0.717, 1.165) is 0 Å². The third-order valence-corrected chi connectivity index (χ3v) is 3.98. The molecule has 9 nitrogen and oxygen atoms in total. The molecule has 1 aliphatic rings. The van der Waals surface area contributed by atoms with E-state index in [2.05, 4.69) is 0 Å². The van der Waals surface area contributed by atoms with Gasteiger partial charge in [0.1, 0.15) is 24.4 Å². The predicted molar refractivity (Wildman–Crippen MR) is 90.1 cm³/mol. The fourth-order valence-corrected chi connectivity index (χ4v) is 2.58. The Hall–Kier alpha value is -1.88. The van der Waals surface area contributed by atoms with Crippen LogP contribution in [0.5, 0.6) is 17.2 Å². The van der Waals surface area contributed by atoms with Crippen LogP contribution < -0.4 is 14.2 Å². The molecular weight excluding hydrogens is 348 g/mol. The Balaban J connectivity index is 2.33. The maximum absolute atomic E-state index is 10.1. The third-order valence-electron chi connectivity index (χ3n) is 3.98. The first-order chi connectivity index (χ1) is 12.5. The van der Waals surface area contributed by atoms with Crippen molar-refractivity contribution >= 4 is 6.08 Å². The Kier molecular flexibility index (Phi) is 7.21. The maximum atomic E-state index is 10.1. The van der Waals surface area contributed by atoms with Crippen molar-refractivity contribution in [2.75, 3.05) is 27.4 Å². The maximum Gasteiger partial charge on any atom is 0.229 e. The van der Waals surface area contributed by atoms with Gasteiger partial charge in [0.05, 0.1) is 27.4 Å². The highest BCUT2D eigenvalue weighted by Crippen LogP contribution is 2.40. The lowest BCUT2D eigenvalue weighted by Crippen LogP contribution is -2.60. The minimum Gasteiger partial charge on any atom is -0.493 e. The van der Waals surface area contributed by atoms with Crippen molar-refractivity contribution in [1.29, 1.82) is 0 Å².